The summed E-state index contributed by atoms with van der Waals surface area (Å²) in [4.78, 5) is 41.6. The van der Waals surface area contributed by atoms with Gasteiger partial charge >= 0.3 is 0 Å². The van der Waals surface area contributed by atoms with Gasteiger partial charge in [-0.3, -0.25) is 14.4 Å². The zero-order valence-electron chi connectivity index (χ0n) is 25.5. The highest BCUT2D eigenvalue weighted by atomic mass is 16.3. The first-order chi connectivity index (χ1) is 20.1. The molecule has 5 rings (SSSR count). The Balaban J connectivity index is 1.59. The molecule has 7 N–H and O–H groups in total. The van der Waals surface area contributed by atoms with Crippen LogP contribution < -0.4 is 16.0 Å². The maximum atomic E-state index is 14.1. The van der Waals surface area contributed by atoms with Crippen molar-refractivity contribution in [2.75, 3.05) is 25.5 Å². The molecule has 0 radical (unpaired) electrons. The van der Waals surface area contributed by atoms with E-state index < -0.39 is 57.9 Å². The number of phenols is 1. The van der Waals surface area contributed by atoms with Crippen molar-refractivity contribution in [2.45, 2.75) is 59.1 Å². The molecule has 10 nitrogen and oxygen atoms in total. The normalized spacial score (nSPS) is 27.0. The van der Waals surface area contributed by atoms with Crippen molar-refractivity contribution < 1.29 is 34.8 Å². The summed E-state index contributed by atoms with van der Waals surface area (Å²) in [6.45, 7) is 8.58. The minimum atomic E-state index is -2.62. The first-order valence-corrected chi connectivity index (χ1v) is 14.7. The predicted molar refractivity (Wildman–Crippen MR) is 162 cm³/mol. The number of carbonyl (C=O) groups excluding carboxylic acids is 3. The highest BCUT2D eigenvalue weighted by Crippen LogP contribution is 2.55. The van der Waals surface area contributed by atoms with Crippen LogP contribution in [0.4, 0.5) is 5.69 Å². The van der Waals surface area contributed by atoms with Crippen LogP contribution in [0, 0.1) is 23.7 Å². The number of aliphatic hydroxyl groups is 3. The van der Waals surface area contributed by atoms with Gasteiger partial charge in [0, 0.05) is 55.8 Å². The average molecular weight is 592 g/mol. The molecule has 1 aromatic rings. The quantitative estimate of drug-likeness (QED) is 0.260. The lowest BCUT2D eigenvalue weighted by molar-refractivity contribution is -0.155. The van der Waals surface area contributed by atoms with Gasteiger partial charge in [0.2, 0.25) is 5.78 Å². The molecule has 0 heterocycles. The van der Waals surface area contributed by atoms with Crippen LogP contribution in [0.1, 0.15) is 57.2 Å². The third kappa shape index (κ3) is 4.58. The van der Waals surface area contributed by atoms with E-state index >= 15 is 0 Å². The smallest absolute Gasteiger partial charge is 0.255 e. The monoisotopic (exact) mass is 591 g/mol. The molecule has 230 valence electrons. The molecular formula is C33H41N3O7. The van der Waals surface area contributed by atoms with E-state index in [0.717, 1.165) is 12.1 Å². The number of hydrogen-bond acceptors (Lipinski definition) is 9. The summed E-state index contributed by atoms with van der Waals surface area (Å²) in [5.74, 6) is -7.63. The fourth-order valence-corrected chi connectivity index (χ4v) is 7.55. The number of primary amides is 1. The van der Waals surface area contributed by atoms with E-state index in [-0.39, 0.29) is 35.6 Å². The SMILES string of the molecule is CC1=C(C)CC(CNCc2cc(N(C)C)c3c(c2O)C(O)=C2C(=O)[C@]4(O)C(O)=C(C(N)=O)C(=O)[C@@H](C(C)C)[C@@H]4C[C@@H]2C3)=C1. The summed E-state index contributed by atoms with van der Waals surface area (Å²) in [7, 11) is 3.71. The largest absolute Gasteiger partial charge is 0.508 e. The Morgan fingerprint density at radius 2 is 1.84 bits per heavy atom. The number of rotatable bonds is 7. The van der Waals surface area contributed by atoms with Crippen molar-refractivity contribution in [3.63, 3.8) is 0 Å². The standard InChI is InChI=1S/C33H41N3O7/c1-14(2)23-21-10-18-9-20-22(36(5)6)11-19(13-35-12-17-7-15(3)16(4)8-17)27(37)25(20)29(39)24(18)30(40)33(21,43)31(41)26(28(23)38)32(34)42/h7,11,14,18,21,23,35,37,39,41,43H,8-10,12-13H2,1-6H3,(H2,34,42)/t18-,21-,23-,33-/m0/s1. The van der Waals surface area contributed by atoms with Gasteiger partial charge < -0.3 is 36.4 Å². The molecule has 4 atom stereocenters. The highest BCUT2D eigenvalue weighted by Gasteiger charge is 2.64. The molecule has 1 fully saturated rings. The molecule has 0 aromatic heterocycles. The number of Topliss-reactive ketones (excluding diaryl/α,β-unsaturated/α-hetero) is 2. The molecule has 43 heavy (non-hydrogen) atoms. The highest BCUT2D eigenvalue weighted by molar-refractivity contribution is 6.23. The Morgan fingerprint density at radius 1 is 1.16 bits per heavy atom. The van der Waals surface area contributed by atoms with E-state index in [9.17, 15) is 34.8 Å². The van der Waals surface area contributed by atoms with E-state index in [1.54, 1.807) is 13.8 Å². The molecule has 0 aliphatic heterocycles. The second kappa shape index (κ2) is 10.7. The van der Waals surface area contributed by atoms with Gasteiger partial charge in [-0.05, 0) is 56.6 Å². The molecule has 4 aliphatic carbocycles. The van der Waals surface area contributed by atoms with Gasteiger partial charge in [-0.15, -0.1) is 0 Å². The molecule has 0 unspecified atom stereocenters. The van der Waals surface area contributed by atoms with E-state index in [0.29, 0.717) is 24.2 Å². The van der Waals surface area contributed by atoms with Gasteiger partial charge in [0.25, 0.3) is 5.91 Å². The van der Waals surface area contributed by atoms with Crippen LogP contribution in [0.15, 0.2) is 45.8 Å². The van der Waals surface area contributed by atoms with Crippen molar-refractivity contribution in [1.82, 2.24) is 5.32 Å². The van der Waals surface area contributed by atoms with Gasteiger partial charge in [0.1, 0.15) is 22.8 Å². The fraction of sp³-hybridized carbons (Fsp3) is 0.485. The van der Waals surface area contributed by atoms with Crippen molar-refractivity contribution in [2.24, 2.45) is 29.4 Å². The minimum absolute atomic E-state index is 0.0880. The molecule has 1 amide bonds. The number of hydrogen-bond donors (Lipinski definition) is 6. The number of ketones is 2. The number of allylic oxidation sites excluding steroid dienone is 3. The number of anilines is 1. The molecule has 0 spiro atoms. The van der Waals surface area contributed by atoms with Gasteiger partial charge in [0.15, 0.2) is 11.4 Å². The summed E-state index contributed by atoms with van der Waals surface area (Å²) in [5.41, 5.74) is 7.71. The average Bonchev–Trinajstić information content (AvgIpc) is 3.23. The van der Waals surface area contributed by atoms with Crippen LogP contribution in [0.3, 0.4) is 0 Å². The van der Waals surface area contributed by atoms with E-state index in [4.69, 9.17) is 5.73 Å². The third-order valence-corrected chi connectivity index (χ3v) is 9.76. The van der Waals surface area contributed by atoms with Crippen molar-refractivity contribution in [3.8, 4) is 5.75 Å². The second-order valence-corrected chi connectivity index (χ2v) is 13.0. The van der Waals surface area contributed by atoms with Crippen molar-refractivity contribution in [3.05, 3.63) is 62.5 Å². The Labute approximate surface area is 251 Å². The Bertz CT molecular complexity index is 1580. The number of fused-ring (bicyclic) bond motifs is 3. The zero-order chi connectivity index (χ0) is 31.7. The van der Waals surface area contributed by atoms with Gasteiger partial charge in [0.05, 0.1) is 5.56 Å². The summed E-state index contributed by atoms with van der Waals surface area (Å²) in [6.07, 6.45) is 3.38. The van der Waals surface area contributed by atoms with E-state index in [2.05, 4.69) is 25.2 Å². The number of nitrogens with one attached hydrogen (secondary N) is 1. The van der Waals surface area contributed by atoms with Gasteiger partial charge in [-0.2, -0.15) is 0 Å². The zero-order valence-corrected chi connectivity index (χ0v) is 25.5. The molecule has 1 saturated carbocycles. The summed E-state index contributed by atoms with van der Waals surface area (Å²) < 4.78 is 0. The first-order valence-electron chi connectivity index (χ1n) is 14.7. The fourth-order valence-electron chi connectivity index (χ4n) is 7.55. The van der Waals surface area contributed by atoms with Gasteiger partial charge in [-0.25, -0.2) is 0 Å². The van der Waals surface area contributed by atoms with Gasteiger partial charge in [-0.1, -0.05) is 36.6 Å². The van der Waals surface area contributed by atoms with Crippen LogP contribution in [-0.2, 0) is 27.3 Å². The number of phenolic OH excluding ortho intramolecular Hbond substituents is 1. The number of nitrogens with zero attached hydrogens (tertiary/aromatic N) is 1. The number of carbonyl (C=O) groups is 3. The van der Waals surface area contributed by atoms with Crippen LogP contribution in [0.5, 0.6) is 5.75 Å². The molecule has 0 saturated heterocycles. The Kier molecular flexibility index (Phi) is 7.59. The molecule has 1 aromatic carbocycles. The summed E-state index contributed by atoms with van der Waals surface area (Å²) in [5, 5.41) is 49.4. The lowest BCUT2D eigenvalue weighted by atomic mass is 9.54. The van der Waals surface area contributed by atoms with Crippen molar-refractivity contribution in [1.29, 1.82) is 0 Å². The van der Waals surface area contributed by atoms with Crippen LogP contribution in [0.25, 0.3) is 5.76 Å². The number of aromatic hydroxyl groups is 1. The lowest BCUT2D eigenvalue weighted by Crippen LogP contribution is -2.62. The molecule has 4 aliphatic rings. The van der Waals surface area contributed by atoms with Crippen LogP contribution >= 0.6 is 0 Å². The predicted octanol–water partition coefficient (Wildman–Crippen LogP) is 3.13. The maximum absolute atomic E-state index is 14.1. The van der Waals surface area contributed by atoms with Crippen molar-refractivity contribution >= 4 is 28.9 Å². The maximum Gasteiger partial charge on any atom is 0.255 e. The number of aliphatic hydroxyl groups excluding tert-OH is 2. The van der Waals surface area contributed by atoms with E-state index in [1.165, 1.54) is 16.7 Å². The molecule has 0 bridgehead atoms. The topological polar surface area (TPSA) is 173 Å². The number of amides is 1. The Morgan fingerprint density at radius 3 is 2.40 bits per heavy atom. The Hall–Kier alpha value is -3.89. The summed E-state index contributed by atoms with van der Waals surface area (Å²) >= 11 is 0. The van der Waals surface area contributed by atoms with E-state index in [1.807, 2.05) is 25.1 Å². The minimum Gasteiger partial charge on any atom is -0.508 e. The number of nitrogens with two attached hydrogens (primary N) is 1. The molecule has 10 heteroatoms. The number of benzene rings is 1. The lowest BCUT2D eigenvalue weighted by Gasteiger charge is -2.50. The second-order valence-electron chi connectivity index (χ2n) is 13.0. The first kappa shape index (κ1) is 30.6. The molecular weight excluding hydrogens is 550 g/mol. The van der Waals surface area contributed by atoms with Crippen LogP contribution in [-0.4, -0.2) is 64.1 Å². The summed E-state index contributed by atoms with van der Waals surface area (Å²) in [6, 6.07) is 1.87. The van der Waals surface area contributed by atoms with Crippen LogP contribution in [0.2, 0.25) is 0 Å². The third-order valence-electron chi connectivity index (χ3n) is 9.76.